The Morgan fingerprint density at radius 1 is 1.25 bits per heavy atom. The van der Waals surface area contributed by atoms with Gasteiger partial charge in [0.2, 0.25) is 5.91 Å². The van der Waals surface area contributed by atoms with Gasteiger partial charge in [-0.3, -0.25) is 9.59 Å². The molecule has 20 heavy (non-hydrogen) atoms. The second-order valence-corrected chi connectivity index (χ2v) is 4.43. The second kappa shape index (κ2) is 5.12. The summed E-state index contributed by atoms with van der Waals surface area (Å²) in [7, 11) is 0. The molecule has 2 amide bonds. The van der Waals surface area contributed by atoms with Crippen LogP contribution in [-0.4, -0.2) is 51.3 Å². The van der Waals surface area contributed by atoms with Crippen LogP contribution >= 0.6 is 0 Å². The summed E-state index contributed by atoms with van der Waals surface area (Å²) >= 11 is 0. The molecule has 0 radical (unpaired) electrons. The summed E-state index contributed by atoms with van der Waals surface area (Å²) in [5.74, 6) is -0.429. The lowest BCUT2D eigenvalue weighted by Gasteiger charge is -2.25. The quantitative estimate of drug-likeness (QED) is 0.823. The zero-order valence-electron chi connectivity index (χ0n) is 10.7. The molecule has 1 aromatic carbocycles. The molecular weight excluding hydrogens is 258 g/mol. The highest BCUT2D eigenvalue weighted by Crippen LogP contribution is 2.07. The lowest BCUT2D eigenvalue weighted by molar-refractivity contribution is -0.123. The predicted octanol–water partition coefficient (Wildman–Crippen LogP) is -0.161. The summed E-state index contributed by atoms with van der Waals surface area (Å²) < 4.78 is 0. The Kier molecular flexibility index (Phi) is 3.16. The van der Waals surface area contributed by atoms with Crippen molar-refractivity contribution >= 4 is 11.8 Å². The zero-order valence-corrected chi connectivity index (χ0v) is 10.7. The number of nitrogens with one attached hydrogen (secondary N) is 1. The highest BCUT2D eigenvalue weighted by atomic mass is 16.2. The maximum absolute atomic E-state index is 12.2. The van der Waals surface area contributed by atoms with E-state index < -0.39 is 0 Å². The van der Waals surface area contributed by atoms with Crippen LogP contribution in [0.25, 0.3) is 5.69 Å². The van der Waals surface area contributed by atoms with Crippen LogP contribution in [0, 0.1) is 0 Å². The minimum atomic E-state index is -0.276. The molecule has 7 heteroatoms. The van der Waals surface area contributed by atoms with Crippen LogP contribution in [0.15, 0.2) is 36.5 Å². The Bertz CT molecular complexity index is 637. The fourth-order valence-corrected chi connectivity index (χ4v) is 2.02. The molecule has 0 bridgehead atoms. The van der Waals surface area contributed by atoms with Gasteiger partial charge in [-0.1, -0.05) is 18.2 Å². The Morgan fingerprint density at radius 2 is 2.05 bits per heavy atom. The first-order valence-electron chi connectivity index (χ1n) is 6.28. The van der Waals surface area contributed by atoms with E-state index in [-0.39, 0.29) is 24.1 Å². The minimum Gasteiger partial charge on any atom is -0.353 e. The van der Waals surface area contributed by atoms with Crippen molar-refractivity contribution in [3.8, 4) is 5.69 Å². The van der Waals surface area contributed by atoms with Crippen molar-refractivity contribution in [2.75, 3.05) is 19.6 Å². The molecule has 0 aliphatic carbocycles. The molecule has 1 aliphatic heterocycles. The SMILES string of the molecule is O=C1CN(C(=O)c2cnn(-c3ccccc3)n2)CCN1. The predicted molar refractivity (Wildman–Crippen MR) is 70.3 cm³/mol. The molecule has 102 valence electrons. The fraction of sp³-hybridized carbons (Fsp3) is 0.231. The number of carbonyl (C=O) groups is 2. The molecule has 7 nitrogen and oxygen atoms in total. The van der Waals surface area contributed by atoms with Gasteiger partial charge in [-0.15, -0.1) is 5.10 Å². The van der Waals surface area contributed by atoms with Crippen molar-refractivity contribution in [1.29, 1.82) is 0 Å². The fourth-order valence-electron chi connectivity index (χ4n) is 2.02. The van der Waals surface area contributed by atoms with Crippen molar-refractivity contribution in [3.05, 3.63) is 42.2 Å². The molecule has 1 aliphatic rings. The summed E-state index contributed by atoms with van der Waals surface area (Å²) in [6.45, 7) is 1.02. The van der Waals surface area contributed by atoms with Gasteiger partial charge >= 0.3 is 0 Å². The molecular formula is C13H13N5O2. The third kappa shape index (κ3) is 2.37. The van der Waals surface area contributed by atoms with E-state index in [0.717, 1.165) is 5.69 Å². The van der Waals surface area contributed by atoms with Crippen LogP contribution in [0.4, 0.5) is 0 Å². The largest absolute Gasteiger partial charge is 0.353 e. The van der Waals surface area contributed by atoms with E-state index in [0.29, 0.717) is 13.1 Å². The lowest BCUT2D eigenvalue weighted by Crippen LogP contribution is -2.50. The standard InChI is InChI=1S/C13H13N5O2/c19-12-9-17(7-6-14-12)13(20)11-8-15-18(16-11)10-4-2-1-3-5-10/h1-5,8H,6-7,9H2,(H,14,19). The van der Waals surface area contributed by atoms with Crippen molar-refractivity contribution in [3.63, 3.8) is 0 Å². The van der Waals surface area contributed by atoms with Gasteiger partial charge in [0.15, 0.2) is 5.69 Å². The number of nitrogens with zero attached hydrogens (tertiary/aromatic N) is 4. The summed E-state index contributed by atoms with van der Waals surface area (Å²) in [4.78, 5) is 26.4. The maximum atomic E-state index is 12.2. The number of piperazine rings is 1. The normalized spacial score (nSPS) is 15.0. The first-order chi connectivity index (χ1) is 9.74. The number of carbonyl (C=O) groups excluding carboxylic acids is 2. The van der Waals surface area contributed by atoms with Crippen LogP contribution in [0.1, 0.15) is 10.5 Å². The molecule has 1 N–H and O–H groups in total. The van der Waals surface area contributed by atoms with Gasteiger partial charge in [0, 0.05) is 13.1 Å². The monoisotopic (exact) mass is 271 g/mol. The van der Waals surface area contributed by atoms with Gasteiger partial charge in [-0.25, -0.2) is 0 Å². The van der Waals surface area contributed by atoms with Crippen molar-refractivity contribution in [2.45, 2.75) is 0 Å². The van der Waals surface area contributed by atoms with Crippen molar-refractivity contribution in [2.24, 2.45) is 0 Å². The van der Waals surface area contributed by atoms with Crippen LogP contribution in [0.2, 0.25) is 0 Å². The molecule has 1 aromatic heterocycles. The summed E-state index contributed by atoms with van der Waals surface area (Å²) in [6.07, 6.45) is 1.42. The van der Waals surface area contributed by atoms with Crippen LogP contribution in [0.3, 0.4) is 0 Å². The van der Waals surface area contributed by atoms with Gasteiger partial charge in [-0.05, 0) is 12.1 Å². The van der Waals surface area contributed by atoms with E-state index in [1.165, 1.54) is 15.9 Å². The number of hydrogen-bond acceptors (Lipinski definition) is 4. The number of benzene rings is 1. The summed E-state index contributed by atoms with van der Waals surface area (Å²) in [6, 6.07) is 9.33. The second-order valence-electron chi connectivity index (χ2n) is 4.43. The lowest BCUT2D eigenvalue weighted by atomic mass is 10.3. The van der Waals surface area contributed by atoms with Gasteiger partial charge in [0.1, 0.15) is 0 Å². The maximum Gasteiger partial charge on any atom is 0.276 e. The van der Waals surface area contributed by atoms with E-state index in [1.54, 1.807) is 0 Å². The van der Waals surface area contributed by atoms with Gasteiger partial charge in [0.25, 0.3) is 5.91 Å². The molecule has 0 spiro atoms. The van der Waals surface area contributed by atoms with Gasteiger partial charge in [0.05, 0.1) is 18.4 Å². The number of para-hydroxylation sites is 1. The first-order valence-corrected chi connectivity index (χ1v) is 6.28. The molecule has 1 saturated heterocycles. The summed E-state index contributed by atoms with van der Waals surface area (Å²) in [5, 5.41) is 10.9. The molecule has 1 fully saturated rings. The third-order valence-electron chi connectivity index (χ3n) is 3.02. The molecule has 0 unspecified atom stereocenters. The Morgan fingerprint density at radius 3 is 2.80 bits per heavy atom. The Balaban J connectivity index is 1.80. The third-order valence-corrected chi connectivity index (χ3v) is 3.02. The van der Waals surface area contributed by atoms with E-state index in [9.17, 15) is 9.59 Å². The van der Waals surface area contributed by atoms with E-state index in [4.69, 9.17) is 0 Å². The average Bonchev–Trinajstić information content (AvgIpc) is 2.97. The average molecular weight is 271 g/mol. The van der Waals surface area contributed by atoms with E-state index in [2.05, 4.69) is 15.5 Å². The highest BCUT2D eigenvalue weighted by molar-refractivity contribution is 5.95. The number of aromatic nitrogens is 3. The van der Waals surface area contributed by atoms with Gasteiger partial charge in [-0.2, -0.15) is 9.90 Å². The summed E-state index contributed by atoms with van der Waals surface area (Å²) in [5.41, 5.74) is 1.02. The van der Waals surface area contributed by atoms with E-state index in [1.807, 2.05) is 30.3 Å². The van der Waals surface area contributed by atoms with Crippen molar-refractivity contribution in [1.82, 2.24) is 25.2 Å². The molecule has 2 heterocycles. The van der Waals surface area contributed by atoms with Crippen molar-refractivity contribution < 1.29 is 9.59 Å². The van der Waals surface area contributed by atoms with Crippen LogP contribution < -0.4 is 5.32 Å². The molecule has 2 aromatic rings. The molecule has 0 saturated carbocycles. The number of hydrogen-bond donors (Lipinski definition) is 1. The number of amides is 2. The van der Waals surface area contributed by atoms with Gasteiger partial charge < -0.3 is 10.2 Å². The first kappa shape index (κ1) is 12.3. The Labute approximate surface area is 115 Å². The molecule has 0 atom stereocenters. The molecule has 3 rings (SSSR count). The highest BCUT2D eigenvalue weighted by Gasteiger charge is 2.24. The van der Waals surface area contributed by atoms with E-state index >= 15 is 0 Å². The van der Waals surface area contributed by atoms with Crippen LogP contribution in [0.5, 0.6) is 0 Å². The van der Waals surface area contributed by atoms with Crippen LogP contribution in [-0.2, 0) is 4.79 Å². The minimum absolute atomic E-state index is 0.0665. The number of rotatable bonds is 2. The topological polar surface area (TPSA) is 80.1 Å². The Hall–Kier alpha value is -2.70. The zero-order chi connectivity index (χ0) is 13.9. The smallest absolute Gasteiger partial charge is 0.276 e.